The molecule has 1 aromatic rings. The Balaban J connectivity index is 1.67. The zero-order valence-electron chi connectivity index (χ0n) is 23.0. The van der Waals surface area contributed by atoms with Crippen molar-refractivity contribution >= 4 is 23.5 Å². The van der Waals surface area contributed by atoms with Gasteiger partial charge in [-0.2, -0.15) is 0 Å². The smallest absolute Gasteiger partial charge is 0.313 e. The Morgan fingerprint density at radius 2 is 1.85 bits per heavy atom. The van der Waals surface area contributed by atoms with Crippen LogP contribution in [0.1, 0.15) is 40.0 Å². The third-order valence-corrected chi connectivity index (χ3v) is 8.92. The molecule has 210 valence electrons. The third kappa shape index (κ3) is 4.26. The van der Waals surface area contributed by atoms with Crippen molar-refractivity contribution in [2.75, 3.05) is 31.8 Å². The van der Waals surface area contributed by atoms with E-state index in [2.05, 4.69) is 0 Å². The lowest BCUT2D eigenvalue weighted by molar-refractivity contribution is -0.160. The van der Waals surface area contributed by atoms with Crippen molar-refractivity contribution < 1.29 is 33.7 Å². The molecule has 2 amide bonds. The summed E-state index contributed by atoms with van der Waals surface area (Å²) in [6.45, 7) is 5.93. The zero-order valence-corrected chi connectivity index (χ0v) is 23.0. The fourth-order valence-electron chi connectivity index (χ4n) is 6.74. The maximum atomic E-state index is 14.6. The van der Waals surface area contributed by atoms with E-state index in [1.807, 2.05) is 32.1 Å². The van der Waals surface area contributed by atoms with Gasteiger partial charge >= 0.3 is 5.97 Å². The van der Waals surface area contributed by atoms with Crippen LogP contribution in [0.4, 0.5) is 5.69 Å². The molecule has 4 aliphatic heterocycles. The Morgan fingerprint density at radius 3 is 2.51 bits per heavy atom. The number of methoxy groups -OCH3 is 1. The Morgan fingerprint density at radius 1 is 1.10 bits per heavy atom. The zero-order chi connectivity index (χ0) is 27.9. The topological polar surface area (TPSA) is 106 Å². The predicted octanol–water partition coefficient (Wildman–Crippen LogP) is 2.87. The molecule has 1 N–H and O–H groups in total. The van der Waals surface area contributed by atoms with Crippen LogP contribution in [0, 0.1) is 17.8 Å². The van der Waals surface area contributed by atoms with Crippen molar-refractivity contribution in [3.63, 3.8) is 0 Å². The van der Waals surface area contributed by atoms with Gasteiger partial charge in [0.15, 0.2) is 0 Å². The number of ether oxygens (including phenoxy) is 3. The average Bonchev–Trinajstić information content (AvgIpc) is 3.28. The lowest BCUT2D eigenvalue weighted by Crippen LogP contribution is -2.60. The Labute approximate surface area is 229 Å². The van der Waals surface area contributed by atoms with Crippen LogP contribution in [0.25, 0.3) is 0 Å². The third-order valence-electron chi connectivity index (χ3n) is 8.92. The molecule has 0 saturated carbocycles. The average molecular weight is 539 g/mol. The number of carbonyl (C=O) groups excluding carboxylic acids is 3. The van der Waals surface area contributed by atoms with Gasteiger partial charge in [0.1, 0.15) is 23.3 Å². The standard InChI is InChI=1S/C30H38N2O7/c1-5-19(2)22(18-33)32-25-27(35)31(20-10-12-21(37-4)13-11-20)16-9-15-30(25)23(26(32)34)24-28(36)38-17-8-6-7-14-29(24,3)39-30/h7,9-15,19,22-25,33H,5-6,8,16-18H2,1-4H3/b14-7-/t19-,22-,23-,24+,25?,29-,30-/m0/s1. The van der Waals surface area contributed by atoms with Gasteiger partial charge in [-0.1, -0.05) is 44.6 Å². The molecule has 0 aliphatic carbocycles. The molecule has 2 saturated heterocycles. The number of allylic oxidation sites excluding steroid dienone is 1. The first-order valence-corrected chi connectivity index (χ1v) is 13.8. The lowest BCUT2D eigenvalue weighted by atomic mass is 9.74. The van der Waals surface area contributed by atoms with Gasteiger partial charge in [-0.25, -0.2) is 0 Å². The molecule has 7 atom stereocenters. The number of carbonyl (C=O) groups is 3. The van der Waals surface area contributed by atoms with Crippen LogP contribution in [0.15, 0.2) is 48.6 Å². The highest BCUT2D eigenvalue weighted by Crippen LogP contribution is 2.58. The summed E-state index contributed by atoms with van der Waals surface area (Å²) in [5, 5.41) is 10.5. The van der Waals surface area contributed by atoms with Crippen LogP contribution in [-0.4, -0.2) is 77.9 Å². The van der Waals surface area contributed by atoms with Crippen LogP contribution in [0.3, 0.4) is 0 Å². The first-order valence-electron chi connectivity index (χ1n) is 13.8. The van der Waals surface area contributed by atoms with E-state index in [1.165, 1.54) is 4.90 Å². The number of amides is 2. The van der Waals surface area contributed by atoms with E-state index in [1.54, 1.807) is 49.3 Å². The minimum atomic E-state index is -1.40. The van der Waals surface area contributed by atoms with E-state index in [9.17, 15) is 19.5 Å². The Bertz CT molecular complexity index is 1180. The number of cyclic esters (lactones) is 1. The van der Waals surface area contributed by atoms with E-state index in [-0.39, 0.29) is 37.5 Å². The van der Waals surface area contributed by atoms with Crippen molar-refractivity contribution in [1.29, 1.82) is 0 Å². The summed E-state index contributed by atoms with van der Waals surface area (Å²) in [5.41, 5.74) is -1.90. The van der Waals surface area contributed by atoms with Gasteiger partial charge in [0.2, 0.25) is 5.91 Å². The monoisotopic (exact) mass is 538 g/mol. The van der Waals surface area contributed by atoms with Gasteiger partial charge in [-0.05, 0) is 49.9 Å². The quantitative estimate of drug-likeness (QED) is 0.439. The van der Waals surface area contributed by atoms with Gasteiger partial charge < -0.3 is 29.1 Å². The normalized spacial score (nSPS) is 34.6. The number of fused-ring (bicyclic) bond motifs is 2. The summed E-state index contributed by atoms with van der Waals surface area (Å²) in [6, 6.07) is 5.46. The molecule has 9 nitrogen and oxygen atoms in total. The molecule has 4 heterocycles. The first-order chi connectivity index (χ1) is 18.7. The molecule has 0 radical (unpaired) electrons. The number of aliphatic hydroxyl groups is 1. The lowest BCUT2D eigenvalue weighted by Gasteiger charge is -2.41. The fraction of sp³-hybridized carbons (Fsp3) is 0.567. The number of esters is 1. The van der Waals surface area contributed by atoms with Crippen molar-refractivity contribution in [2.24, 2.45) is 17.8 Å². The highest BCUT2D eigenvalue weighted by atomic mass is 16.6. The van der Waals surface area contributed by atoms with Crippen LogP contribution in [0.5, 0.6) is 5.75 Å². The molecule has 4 aliphatic rings. The molecular formula is C30H38N2O7. The molecule has 9 heteroatoms. The second kappa shape index (κ2) is 10.4. The van der Waals surface area contributed by atoms with Crippen LogP contribution in [0.2, 0.25) is 0 Å². The highest BCUT2D eigenvalue weighted by Gasteiger charge is 2.75. The largest absolute Gasteiger partial charge is 0.497 e. The minimum Gasteiger partial charge on any atom is -0.497 e. The van der Waals surface area contributed by atoms with Crippen molar-refractivity contribution in [2.45, 2.75) is 63.3 Å². The first kappa shape index (κ1) is 27.4. The number of hydrogen-bond donors (Lipinski definition) is 1. The molecule has 39 heavy (non-hydrogen) atoms. The number of aliphatic hydroxyl groups excluding tert-OH is 1. The van der Waals surface area contributed by atoms with Gasteiger partial charge in [0.05, 0.1) is 37.9 Å². The second-order valence-corrected chi connectivity index (χ2v) is 11.1. The van der Waals surface area contributed by atoms with Crippen molar-refractivity contribution in [3.05, 3.63) is 48.6 Å². The summed E-state index contributed by atoms with van der Waals surface area (Å²) in [7, 11) is 1.58. The number of anilines is 1. The summed E-state index contributed by atoms with van der Waals surface area (Å²) >= 11 is 0. The van der Waals surface area contributed by atoms with Gasteiger partial charge in [-0.15, -0.1) is 0 Å². The molecular weight excluding hydrogens is 500 g/mol. The predicted molar refractivity (Wildman–Crippen MR) is 144 cm³/mol. The molecule has 1 unspecified atom stereocenters. The van der Waals surface area contributed by atoms with Gasteiger partial charge in [-0.3, -0.25) is 14.4 Å². The van der Waals surface area contributed by atoms with Gasteiger partial charge in [0, 0.05) is 12.2 Å². The maximum absolute atomic E-state index is 14.6. The minimum absolute atomic E-state index is 0.0944. The van der Waals surface area contributed by atoms with Crippen LogP contribution in [-0.2, 0) is 23.9 Å². The molecule has 0 bridgehead atoms. The molecule has 5 rings (SSSR count). The number of nitrogens with zero attached hydrogens (tertiary/aromatic N) is 2. The van der Waals surface area contributed by atoms with Gasteiger partial charge in [0.25, 0.3) is 5.91 Å². The van der Waals surface area contributed by atoms with E-state index in [0.717, 1.165) is 0 Å². The Hall–Kier alpha value is -3.17. The van der Waals surface area contributed by atoms with E-state index in [4.69, 9.17) is 14.2 Å². The number of benzene rings is 1. The van der Waals surface area contributed by atoms with Crippen molar-refractivity contribution in [1.82, 2.24) is 4.90 Å². The van der Waals surface area contributed by atoms with E-state index >= 15 is 0 Å². The van der Waals surface area contributed by atoms with Crippen molar-refractivity contribution in [3.8, 4) is 5.75 Å². The number of hydrogen-bond acceptors (Lipinski definition) is 7. The molecule has 2 fully saturated rings. The number of rotatable bonds is 6. The summed E-state index contributed by atoms with van der Waals surface area (Å²) < 4.78 is 17.7. The molecule has 1 spiro atoms. The molecule has 1 aromatic carbocycles. The second-order valence-electron chi connectivity index (χ2n) is 11.1. The SMILES string of the molecule is CC[C@H](C)[C@H](CO)N1C(=O)[C@@H]2[C@@H]3C(=O)OCCC/C=C\[C@]3(C)O[C@@]23C=CCN(c2ccc(OC)cc2)C(=O)C13. The summed E-state index contributed by atoms with van der Waals surface area (Å²) in [5.74, 6) is -2.54. The van der Waals surface area contributed by atoms with Crippen LogP contribution < -0.4 is 9.64 Å². The number of likely N-dealkylation sites (tertiary alicyclic amines) is 1. The fourth-order valence-corrected chi connectivity index (χ4v) is 6.74. The summed E-state index contributed by atoms with van der Waals surface area (Å²) in [4.78, 5) is 45.7. The van der Waals surface area contributed by atoms with E-state index < -0.39 is 41.1 Å². The van der Waals surface area contributed by atoms with E-state index in [0.29, 0.717) is 30.7 Å². The Kier molecular flexibility index (Phi) is 7.33. The maximum Gasteiger partial charge on any atom is 0.313 e. The van der Waals surface area contributed by atoms with Crippen LogP contribution >= 0.6 is 0 Å². The molecule has 0 aromatic heterocycles. The highest BCUT2D eigenvalue weighted by molar-refractivity contribution is 6.05. The summed E-state index contributed by atoms with van der Waals surface area (Å²) in [6.07, 6.45) is 9.54.